The molecule has 0 radical (unpaired) electrons. The van der Waals surface area contributed by atoms with Gasteiger partial charge in [0.25, 0.3) is 5.91 Å². The fourth-order valence-electron chi connectivity index (χ4n) is 2.16. The molecule has 24 heavy (non-hydrogen) atoms. The number of nitrogens with two attached hydrogens (primary N) is 1. The highest BCUT2D eigenvalue weighted by atomic mass is 35.5. The van der Waals surface area contributed by atoms with Crippen molar-refractivity contribution in [3.8, 4) is 0 Å². The van der Waals surface area contributed by atoms with Crippen LogP contribution in [-0.4, -0.2) is 62.0 Å². The van der Waals surface area contributed by atoms with E-state index in [1.807, 2.05) is 0 Å². The third kappa shape index (κ3) is 4.92. The highest BCUT2D eigenvalue weighted by Crippen LogP contribution is 2.22. The molecule has 1 aliphatic rings. The van der Waals surface area contributed by atoms with Crippen LogP contribution in [0.2, 0.25) is 5.02 Å². The van der Waals surface area contributed by atoms with Crippen LogP contribution in [0.4, 0.5) is 5.69 Å². The van der Waals surface area contributed by atoms with Crippen LogP contribution in [0, 0.1) is 0 Å². The zero-order valence-electron chi connectivity index (χ0n) is 13.0. The van der Waals surface area contributed by atoms with Gasteiger partial charge in [-0.15, -0.1) is 0 Å². The number of amides is 3. The number of nitrogens with one attached hydrogen (secondary N) is 2. The molecule has 0 aliphatic carbocycles. The van der Waals surface area contributed by atoms with Crippen molar-refractivity contribution in [3.05, 3.63) is 28.8 Å². The Morgan fingerprint density at radius 3 is 2.54 bits per heavy atom. The first-order valence-corrected chi connectivity index (χ1v) is 7.82. The smallest absolute Gasteiger partial charge is 0.255 e. The van der Waals surface area contributed by atoms with Crippen LogP contribution in [0.25, 0.3) is 0 Å². The van der Waals surface area contributed by atoms with Crippen molar-refractivity contribution in [2.24, 2.45) is 5.73 Å². The average Bonchev–Trinajstić information content (AvgIpc) is 2.60. The molecule has 3 amide bonds. The minimum atomic E-state index is -0.422. The number of rotatable bonds is 5. The summed E-state index contributed by atoms with van der Waals surface area (Å²) in [6.45, 7) is 1.68. The van der Waals surface area contributed by atoms with Crippen LogP contribution >= 0.6 is 11.6 Å². The molecular weight excluding hydrogens is 336 g/mol. The number of hydrogen-bond acceptors (Lipinski definition) is 5. The third-order valence-electron chi connectivity index (χ3n) is 3.41. The minimum Gasteiger partial charge on any atom is -0.378 e. The van der Waals surface area contributed by atoms with Gasteiger partial charge in [0.1, 0.15) is 0 Å². The first-order chi connectivity index (χ1) is 11.5. The summed E-state index contributed by atoms with van der Waals surface area (Å²) in [7, 11) is 0. The molecule has 1 saturated heterocycles. The summed E-state index contributed by atoms with van der Waals surface area (Å²) in [5.41, 5.74) is 5.94. The van der Waals surface area contributed by atoms with Crippen LogP contribution in [0.15, 0.2) is 18.2 Å². The maximum Gasteiger partial charge on any atom is 0.255 e. The fourth-order valence-corrected chi connectivity index (χ4v) is 2.42. The van der Waals surface area contributed by atoms with Crippen molar-refractivity contribution in [1.29, 1.82) is 0 Å². The van der Waals surface area contributed by atoms with Gasteiger partial charge in [0, 0.05) is 18.8 Å². The lowest BCUT2D eigenvalue weighted by Gasteiger charge is -2.27. The van der Waals surface area contributed by atoms with E-state index in [0.717, 1.165) is 0 Å². The second-order valence-corrected chi connectivity index (χ2v) is 5.54. The first-order valence-electron chi connectivity index (χ1n) is 7.44. The minimum absolute atomic E-state index is 0.170. The largest absolute Gasteiger partial charge is 0.378 e. The monoisotopic (exact) mass is 354 g/mol. The molecule has 9 heteroatoms. The summed E-state index contributed by atoms with van der Waals surface area (Å²) in [4.78, 5) is 36.8. The molecular formula is C15H19ClN4O4. The molecule has 2 rings (SSSR count). The molecule has 0 saturated carbocycles. The van der Waals surface area contributed by atoms with Gasteiger partial charge in [-0.3, -0.25) is 14.4 Å². The van der Waals surface area contributed by atoms with E-state index in [0.29, 0.717) is 37.6 Å². The molecule has 1 aliphatic heterocycles. The molecule has 0 unspecified atom stereocenters. The number of halogens is 1. The van der Waals surface area contributed by atoms with Gasteiger partial charge < -0.3 is 26.0 Å². The van der Waals surface area contributed by atoms with Crippen LogP contribution in [0.5, 0.6) is 0 Å². The molecule has 4 N–H and O–H groups in total. The first kappa shape index (κ1) is 18.2. The third-order valence-corrected chi connectivity index (χ3v) is 3.73. The summed E-state index contributed by atoms with van der Waals surface area (Å²) in [5.74, 6) is -1.01. The van der Waals surface area contributed by atoms with Crippen molar-refractivity contribution in [2.75, 3.05) is 44.7 Å². The Morgan fingerprint density at radius 2 is 1.92 bits per heavy atom. The SMILES string of the molecule is NCC(=O)NCC(=O)Nc1ccc(C(=O)N2CCOCC2)c(Cl)c1. The normalized spacial score (nSPS) is 14.2. The number of carbonyl (C=O) groups is 3. The van der Waals surface area contributed by atoms with E-state index in [2.05, 4.69) is 10.6 Å². The Labute approximate surface area is 144 Å². The fraction of sp³-hybridized carbons (Fsp3) is 0.400. The Hall–Kier alpha value is -2.16. The van der Waals surface area contributed by atoms with Crippen molar-refractivity contribution in [3.63, 3.8) is 0 Å². The van der Waals surface area contributed by atoms with Gasteiger partial charge in [-0.1, -0.05) is 11.6 Å². The second-order valence-electron chi connectivity index (χ2n) is 5.13. The molecule has 1 fully saturated rings. The van der Waals surface area contributed by atoms with Crippen molar-refractivity contribution >= 4 is 35.0 Å². The summed E-state index contributed by atoms with van der Waals surface area (Å²) in [6.07, 6.45) is 0. The van der Waals surface area contributed by atoms with Gasteiger partial charge >= 0.3 is 0 Å². The topological polar surface area (TPSA) is 114 Å². The molecule has 0 spiro atoms. The van der Waals surface area contributed by atoms with Gasteiger partial charge in [0.2, 0.25) is 11.8 Å². The molecule has 1 aromatic rings. The summed E-state index contributed by atoms with van der Waals surface area (Å²) in [5, 5.41) is 5.19. The van der Waals surface area contributed by atoms with E-state index in [-0.39, 0.29) is 24.0 Å². The molecule has 1 heterocycles. The van der Waals surface area contributed by atoms with Gasteiger partial charge in [0.15, 0.2) is 0 Å². The Balaban J connectivity index is 1.97. The van der Waals surface area contributed by atoms with Crippen LogP contribution in [0.3, 0.4) is 0 Å². The Morgan fingerprint density at radius 1 is 1.21 bits per heavy atom. The van der Waals surface area contributed by atoms with Crippen molar-refractivity contribution < 1.29 is 19.1 Å². The molecule has 0 atom stereocenters. The Kier molecular flexibility index (Phi) is 6.53. The van der Waals surface area contributed by atoms with E-state index in [1.54, 1.807) is 17.0 Å². The molecule has 0 bridgehead atoms. The number of anilines is 1. The number of benzene rings is 1. The maximum atomic E-state index is 12.4. The van der Waals surface area contributed by atoms with Crippen LogP contribution in [0.1, 0.15) is 10.4 Å². The van der Waals surface area contributed by atoms with Crippen LogP contribution in [-0.2, 0) is 14.3 Å². The van der Waals surface area contributed by atoms with Crippen molar-refractivity contribution in [1.82, 2.24) is 10.2 Å². The lowest BCUT2D eigenvalue weighted by Crippen LogP contribution is -2.40. The van der Waals surface area contributed by atoms with Crippen molar-refractivity contribution in [2.45, 2.75) is 0 Å². The Bertz CT molecular complexity index is 632. The zero-order valence-corrected chi connectivity index (χ0v) is 13.8. The number of morpholine rings is 1. The second kappa shape index (κ2) is 8.62. The lowest BCUT2D eigenvalue weighted by molar-refractivity contribution is -0.123. The van der Waals surface area contributed by atoms with E-state index >= 15 is 0 Å². The van der Waals surface area contributed by atoms with E-state index in [4.69, 9.17) is 22.1 Å². The van der Waals surface area contributed by atoms with Gasteiger partial charge in [-0.05, 0) is 18.2 Å². The quantitative estimate of drug-likeness (QED) is 0.679. The predicted octanol–water partition coefficient (Wildman–Crippen LogP) is -0.174. The molecule has 8 nitrogen and oxygen atoms in total. The molecule has 130 valence electrons. The zero-order chi connectivity index (χ0) is 17.5. The summed E-state index contributed by atoms with van der Waals surface area (Å²) < 4.78 is 5.21. The van der Waals surface area contributed by atoms with E-state index in [9.17, 15) is 14.4 Å². The van der Waals surface area contributed by atoms with Crippen LogP contribution < -0.4 is 16.4 Å². The molecule has 0 aromatic heterocycles. The van der Waals surface area contributed by atoms with Gasteiger partial charge in [0.05, 0.1) is 36.9 Å². The number of nitrogens with zero attached hydrogens (tertiary/aromatic N) is 1. The predicted molar refractivity (Wildman–Crippen MR) is 88.9 cm³/mol. The number of hydrogen-bond donors (Lipinski definition) is 3. The summed E-state index contributed by atoms with van der Waals surface area (Å²) in [6, 6.07) is 4.65. The number of ether oxygens (including phenoxy) is 1. The highest BCUT2D eigenvalue weighted by molar-refractivity contribution is 6.34. The van der Waals surface area contributed by atoms with Gasteiger partial charge in [-0.25, -0.2) is 0 Å². The highest BCUT2D eigenvalue weighted by Gasteiger charge is 2.20. The maximum absolute atomic E-state index is 12.4. The van der Waals surface area contributed by atoms with Gasteiger partial charge in [-0.2, -0.15) is 0 Å². The number of carbonyl (C=O) groups excluding carboxylic acids is 3. The summed E-state index contributed by atoms with van der Waals surface area (Å²) >= 11 is 6.16. The van der Waals surface area contributed by atoms with E-state index < -0.39 is 11.8 Å². The standard InChI is InChI=1S/C15H19ClN4O4/c16-12-7-10(19-14(22)9-18-13(21)8-17)1-2-11(12)15(23)20-3-5-24-6-4-20/h1-2,7H,3-6,8-9,17H2,(H,18,21)(H,19,22). The molecule has 1 aromatic carbocycles. The van der Waals surface area contributed by atoms with E-state index in [1.165, 1.54) is 6.07 Å². The average molecular weight is 355 g/mol. The lowest BCUT2D eigenvalue weighted by atomic mass is 10.1.